The first-order valence-electron chi connectivity index (χ1n) is 6.42. The second kappa shape index (κ2) is 5.77. The number of aromatic nitrogens is 1. The molecule has 1 atom stereocenters. The van der Waals surface area contributed by atoms with Gasteiger partial charge in [-0.2, -0.15) is 0 Å². The van der Waals surface area contributed by atoms with Crippen LogP contribution in [0.4, 0.5) is 0 Å². The summed E-state index contributed by atoms with van der Waals surface area (Å²) in [6.45, 7) is 2.76. The zero-order chi connectivity index (χ0) is 14.0. The Hall–Kier alpha value is -1.30. The van der Waals surface area contributed by atoms with Crippen LogP contribution in [0.1, 0.15) is 36.7 Å². The third-order valence-corrected chi connectivity index (χ3v) is 3.64. The number of amides is 1. The van der Waals surface area contributed by atoms with Crippen LogP contribution in [0.3, 0.4) is 0 Å². The molecule has 19 heavy (non-hydrogen) atoms. The van der Waals surface area contributed by atoms with Crippen molar-refractivity contribution in [3.05, 3.63) is 22.4 Å². The Morgan fingerprint density at radius 1 is 1.58 bits per heavy atom. The molecule has 0 aliphatic heterocycles. The molecular weight excluding hydrogens is 312 g/mol. The van der Waals surface area contributed by atoms with Crippen LogP contribution in [-0.4, -0.2) is 27.6 Å². The molecule has 1 fully saturated rings. The minimum atomic E-state index is -0.955. The summed E-state index contributed by atoms with van der Waals surface area (Å²) in [5, 5.41) is 11.8. The summed E-state index contributed by atoms with van der Waals surface area (Å²) in [4.78, 5) is 23.3. The van der Waals surface area contributed by atoms with Gasteiger partial charge in [0.25, 0.3) is 5.91 Å². The van der Waals surface area contributed by atoms with Gasteiger partial charge in [0.2, 0.25) is 0 Å². The largest absolute Gasteiger partial charge is 0.480 e. The Morgan fingerprint density at radius 2 is 2.26 bits per heavy atom. The summed E-state index contributed by atoms with van der Waals surface area (Å²) < 4.78 is 2.66. The first-order valence-corrected chi connectivity index (χ1v) is 7.21. The van der Waals surface area contributed by atoms with Crippen molar-refractivity contribution >= 4 is 27.8 Å². The van der Waals surface area contributed by atoms with E-state index in [0.717, 1.165) is 30.3 Å². The molecule has 1 saturated carbocycles. The molecule has 0 aromatic carbocycles. The van der Waals surface area contributed by atoms with Gasteiger partial charge in [-0.1, -0.05) is 6.92 Å². The van der Waals surface area contributed by atoms with Crippen molar-refractivity contribution in [2.45, 2.75) is 38.8 Å². The number of halogens is 1. The Bertz CT molecular complexity index is 494. The number of nitrogens with zero attached hydrogens (tertiary/aromatic N) is 1. The van der Waals surface area contributed by atoms with E-state index < -0.39 is 12.0 Å². The Labute approximate surface area is 120 Å². The summed E-state index contributed by atoms with van der Waals surface area (Å²) >= 11 is 3.34. The maximum absolute atomic E-state index is 12.2. The maximum Gasteiger partial charge on any atom is 0.326 e. The number of hydrogen-bond donors (Lipinski definition) is 2. The van der Waals surface area contributed by atoms with Crippen LogP contribution in [0.25, 0.3) is 0 Å². The lowest BCUT2D eigenvalue weighted by Crippen LogP contribution is -2.43. The van der Waals surface area contributed by atoms with Gasteiger partial charge in [-0.15, -0.1) is 0 Å². The van der Waals surface area contributed by atoms with Crippen molar-refractivity contribution in [3.8, 4) is 0 Å². The molecule has 1 aliphatic carbocycles. The number of carbonyl (C=O) groups excluding carboxylic acids is 1. The molecule has 1 unspecified atom stereocenters. The lowest BCUT2D eigenvalue weighted by atomic mass is 10.2. The first-order chi connectivity index (χ1) is 9.02. The van der Waals surface area contributed by atoms with Gasteiger partial charge in [-0.05, 0) is 47.2 Å². The van der Waals surface area contributed by atoms with E-state index in [1.54, 1.807) is 6.07 Å². The topological polar surface area (TPSA) is 71.3 Å². The standard InChI is InChI=1S/C13H17BrN2O3/c1-2-5-16-7-9(14)6-10(16)12(17)15-11(13(18)19)8-3-4-8/h6-8,11H,2-5H2,1H3,(H,15,17)(H,18,19). The van der Waals surface area contributed by atoms with Gasteiger partial charge in [0.15, 0.2) is 0 Å². The van der Waals surface area contributed by atoms with Gasteiger partial charge in [-0.3, -0.25) is 4.79 Å². The molecule has 1 heterocycles. The number of carboxylic acids is 1. The van der Waals surface area contributed by atoms with Crippen LogP contribution in [0.2, 0.25) is 0 Å². The predicted molar refractivity (Wildman–Crippen MR) is 74.0 cm³/mol. The highest BCUT2D eigenvalue weighted by Crippen LogP contribution is 2.33. The molecule has 5 nitrogen and oxygen atoms in total. The molecule has 2 rings (SSSR count). The van der Waals surface area contributed by atoms with Gasteiger partial charge in [0, 0.05) is 17.2 Å². The minimum absolute atomic E-state index is 0.0829. The average molecular weight is 329 g/mol. The molecule has 1 aliphatic rings. The molecule has 0 bridgehead atoms. The Balaban J connectivity index is 2.12. The predicted octanol–water partition coefficient (Wildman–Crippen LogP) is 2.25. The molecule has 0 saturated heterocycles. The van der Waals surface area contributed by atoms with Crippen LogP contribution >= 0.6 is 15.9 Å². The van der Waals surface area contributed by atoms with E-state index in [4.69, 9.17) is 5.11 Å². The van der Waals surface area contributed by atoms with Crippen molar-refractivity contribution in [1.82, 2.24) is 9.88 Å². The monoisotopic (exact) mass is 328 g/mol. The van der Waals surface area contributed by atoms with Gasteiger partial charge in [0.05, 0.1) is 0 Å². The number of aliphatic carboxylic acids is 1. The highest BCUT2D eigenvalue weighted by Gasteiger charge is 2.37. The Kier molecular flexibility index (Phi) is 4.29. The van der Waals surface area contributed by atoms with Gasteiger partial charge < -0.3 is 15.0 Å². The van der Waals surface area contributed by atoms with Crippen LogP contribution in [0.15, 0.2) is 16.7 Å². The van der Waals surface area contributed by atoms with Crippen molar-refractivity contribution in [2.75, 3.05) is 0 Å². The second-order valence-electron chi connectivity index (χ2n) is 4.86. The maximum atomic E-state index is 12.2. The summed E-state index contributed by atoms with van der Waals surface area (Å²) in [6.07, 6.45) is 4.49. The highest BCUT2D eigenvalue weighted by molar-refractivity contribution is 9.10. The third-order valence-electron chi connectivity index (χ3n) is 3.21. The SMILES string of the molecule is CCCn1cc(Br)cc1C(=O)NC(C(=O)O)C1CC1. The van der Waals surface area contributed by atoms with Crippen LogP contribution < -0.4 is 5.32 Å². The first kappa shape index (κ1) is 14.1. The van der Waals surface area contributed by atoms with E-state index >= 15 is 0 Å². The van der Waals surface area contributed by atoms with E-state index in [2.05, 4.69) is 21.2 Å². The summed E-state index contributed by atoms with van der Waals surface area (Å²) in [7, 11) is 0. The fourth-order valence-electron chi connectivity index (χ4n) is 2.12. The lowest BCUT2D eigenvalue weighted by molar-refractivity contribution is -0.139. The molecular formula is C13H17BrN2O3. The van der Waals surface area contributed by atoms with E-state index in [9.17, 15) is 9.59 Å². The minimum Gasteiger partial charge on any atom is -0.480 e. The molecule has 2 N–H and O–H groups in total. The summed E-state index contributed by atoms with van der Waals surface area (Å²) in [5.74, 6) is -1.19. The molecule has 6 heteroatoms. The summed E-state index contributed by atoms with van der Waals surface area (Å²) in [5.41, 5.74) is 0.501. The molecule has 0 radical (unpaired) electrons. The zero-order valence-corrected chi connectivity index (χ0v) is 12.3. The second-order valence-corrected chi connectivity index (χ2v) is 5.78. The molecule has 0 spiro atoms. The fourth-order valence-corrected chi connectivity index (χ4v) is 2.58. The van der Waals surface area contributed by atoms with E-state index in [0.29, 0.717) is 5.69 Å². The Morgan fingerprint density at radius 3 is 2.79 bits per heavy atom. The highest BCUT2D eigenvalue weighted by atomic mass is 79.9. The average Bonchev–Trinajstić information content (AvgIpc) is 3.10. The third kappa shape index (κ3) is 3.37. The number of hydrogen-bond acceptors (Lipinski definition) is 2. The van der Waals surface area contributed by atoms with Gasteiger partial charge in [0.1, 0.15) is 11.7 Å². The number of carbonyl (C=O) groups is 2. The number of nitrogens with one attached hydrogen (secondary N) is 1. The van der Waals surface area contributed by atoms with Crippen molar-refractivity contribution in [1.29, 1.82) is 0 Å². The van der Waals surface area contributed by atoms with Gasteiger partial charge >= 0.3 is 5.97 Å². The van der Waals surface area contributed by atoms with E-state index in [1.807, 2.05) is 17.7 Å². The van der Waals surface area contributed by atoms with Crippen LogP contribution in [-0.2, 0) is 11.3 Å². The molecule has 1 aromatic heterocycles. The van der Waals surface area contributed by atoms with Crippen molar-refractivity contribution < 1.29 is 14.7 Å². The molecule has 1 amide bonds. The van der Waals surface area contributed by atoms with Crippen LogP contribution in [0, 0.1) is 5.92 Å². The van der Waals surface area contributed by atoms with E-state index in [-0.39, 0.29) is 11.8 Å². The van der Waals surface area contributed by atoms with Gasteiger partial charge in [-0.25, -0.2) is 4.79 Å². The quantitative estimate of drug-likeness (QED) is 0.841. The van der Waals surface area contributed by atoms with Crippen molar-refractivity contribution in [3.63, 3.8) is 0 Å². The smallest absolute Gasteiger partial charge is 0.326 e. The fraction of sp³-hybridized carbons (Fsp3) is 0.538. The van der Waals surface area contributed by atoms with E-state index in [1.165, 1.54) is 0 Å². The number of carboxylic acid groups (broad SMARTS) is 1. The normalized spacial score (nSPS) is 16.1. The zero-order valence-electron chi connectivity index (χ0n) is 10.7. The lowest BCUT2D eigenvalue weighted by Gasteiger charge is -2.14. The summed E-state index contributed by atoms with van der Waals surface area (Å²) in [6, 6.07) is 0.952. The molecule has 1 aromatic rings. The van der Waals surface area contributed by atoms with Crippen LogP contribution in [0.5, 0.6) is 0 Å². The van der Waals surface area contributed by atoms with Crippen molar-refractivity contribution in [2.24, 2.45) is 5.92 Å². The number of aryl methyl sites for hydroxylation is 1. The number of rotatable bonds is 6. The molecule has 104 valence electrons.